The molecule has 1 aliphatic rings. The second kappa shape index (κ2) is 23.9. The van der Waals surface area contributed by atoms with E-state index in [2.05, 4.69) is 31.9 Å². The standard InChI is InChI=1S/C41H57N7O11/c1-24(2)20-30(37(53)47-33(40(56)57)22-26-12-8-5-9-13-26)44-39(55)32(23-35(50)51)46-38(54)31(21-25-10-6-4-7-11-25)45-36(52)29(18-19-34(42)49)48-41(58)43-27-14-16-28(59-3)17-15-27/h5,8-9,12-17,24-25,29-33H,4,6-7,10-11,18-23H2,1-3H3,(H2,42,49)(H,44,55)(H,45,52)(H,46,54)(H,47,53)(H,50,51)(H,56,57)(H2,43,48,58)/t29-,30-,31-,32-,33-/m0/s1. The number of rotatable bonds is 23. The van der Waals surface area contributed by atoms with E-state index in [-0.39, 0.29) is 43.9 Å². The second-order valence-electron chi connectivity index (χ2n) is 15.1. The van der Waals surface area contributed by atoms with E-state index in [0.717, 1.165) is 32.1 Å². The van der Waals surface area contributed by atoms with Crippen LogP contribution in [-0.4, -0.2) is 95.0 Å². The van der Waals surface area contributed by atoms with Crippen molar-refractivity contribution in [3.63, 3.8) is 0 Å². The molecule has 10 N–H and O–H groups in total. The molecule has 7 amide bonds. The lowest BCUT2D eigenvalue weighted by molar-refractivity contribution is -0.143. The molecule has 0 bridgehead atoms. The van der Waals surface area contributed by atoms with Crippen LogP contribution in [0.4, 0.5) is 10.5 Å². The van der Waals surface area contributed by atoms with E-state index in [4.69, 9.17) is 10.5 Å². The first-order chi connectivity index (χ1) is 28.0. The molecule has 59 heavy (non-hydrogen) atoms. The molecule has 3 rings (SSSR count). The minimum Gasteiger partial charge on any atom is -0.497 e. The van der Waals surface area contributed by atoms with Crippen LogP contribution in [0, 0.1) is 11.8 Å². The highest BCUT2D eigenvalue weighted by Crippen LogP contribution is 2.27. The molecule has 0 aliphatic heterocycles. The number of carboxylic acids is 2. The molecule has 322 valence electrons. The van der Waals surface area contributed by atoms with Gasteiger partial charge in [0.15, 0.2) is 0 Å². The molecule has 18 nitrogen and oxygen atoms in total. The highest BCUT2D eigenvalue weighted by Gasteiger charge is 2.35. The number of amides is 7. The Labute approximate surface area is 343 Å². The quantitative estimate of drug-likeness (QED) is 0.0783. The number of carbonyl (C=O) groups is 8. The van der Waals surface area contributed by atoms with E-state index < -0.39 is 84.1 Å². The Morgan fingerprint density at radius 1 is 0.712 bits per heavy atom. The third kappa shape index (κ3) is 17.1. The first kappa shape index (κ1) is 47.2. The second-order valence-corrected chi connectivity index (χ2v) is 15.1. The predicted molar refractivity (Wildman–Crippen MR) is 216 cm³/mol. The van der Waals surface area contributed by atoms with Crippen molar-refractivity contribution in [2.24, 2.45) is 17.6 Å². The van der Waals surface area contributed by atoms with Gasteiger partial charge in [0, 0.05) is 18.5 Å². The van der Waals surface area contributed by atoms with Crippen LogP contribution in [0.15, 0.2) is 54.6 Å². The summed E-state index contributed by atoms with van der Waals surface area (Å²) in [5, 5.41) is 34.8. The number of nitrogens with one attached hydrogen (secondary N) is 6. The fourth-order valence-electron chi connectivity index (χ4n) is 6.77. The predicted octanol–water partition coefficient (Wildman–Crippen LogP) is 2.21. The zero-order valence-electron chi connectivity index (χ0n) is 33.7. The van der Waals surface area contributed by atoms with E-state index in [1.165, 1.54) is 7.11 Å². The molecule has 0 aromatic heterocycles. The Morgan fingerprint density at radius 3 is 1.85 bits per heavy atom. The van der Waals surface area contributed by atoms with Crippen molar-refractivity contribution in [2.75, 3.05) is 12.4 Å². The topological polar surface area (TPSA) is 284 Å². The first-order valence-corrected chi connectivity index (χ1v) is 19.7. The maximum atomic E-state index is 14.0. The summed E-state index contributed by atoms with van der Waals surface area (Å²) >= 11 is 0. The molecular weight excluding hydrogens is 766 g/mol. The largest absolute Gasteiger partial charge is 0.497 e. The third-order valence-corrected chi connectivity index (χ3v) is 9.82. The molecule has 0 unspecified atom stereocenters. The van der Waals surface area contributed by atoms with Gasteiger partial charge in [-0.2, -0.15) is 0 Å². The van der Waals surface area contributed by atoms with Gasteiger partial charge in [-0.3, -0.25) is 28.8 Å². The number of benzene rings is 2. The van der Waals surface area contributed by atoms with Crippen LogP contribution in [0.2, 0.25) is 0 Å². The van der Waals surface area contributed by atoms with Gasteiger partial charge in [0.05, 0.1) is 13.5 Å². The number of hydrogen-bond donors (Lipinski definition) is 9. The lowest BCUT2D eigenvalue weighted by atomic mass is 9.84. The van der Waals surface area contributed by atoms with Crippen LogP contribution < -0.4 is 42.4 Å². The van der Waals surface area contributed by atoms with Gasteiger partial charge < -0.3 is 52.6 Å². The molecule has 0 heterocycles. The Morgan fingerprint density at radius 2 is 1.27 bits per heavy atom. The van der Waals surface area contributed by atoms with Gasteiger partial charge in [0.2, 0.25) is 29.5 Å². The van der Waals surface area contributed by atoms with Crippen LogP contribution >= 0.6 is 0 Å². The summed E-state index contributed by atoms with van der Waals surface area (Å²) in [6.45, 7) is 3.54. The fourth-order valence-corrected chi connectivity index (χ4v) is 6.77. The molecule has 5 atom stereocenters. The molecule has 1 saturated carbocycles. The summed E-state index contributed by atoms with van der Waals surface area (Å²) < 4.78 is 5.12. The van der Waals surface area contributed by atoms with Crippen LogP contribution in [-0.2, 0) is 40.0 Å². The molecule has 18 heteroatoms. The molecule has 0 spiro atoms. The Hall–Kier alpha value is -6.20. The van der Waals surface area contributed by atoms with Crippen molar-refractivity contribution in [1.82, 2.24) is 26.6 Å². The van der Waals surface area contributed by atoms with E-state index in [1.807, 2.05) is 0 Å². The van der Waals surface area contributed by atoms with Crippen molar-refractivity contribution >= 4 is 53.2 Å². The lowest BCUT2D eigenvalue weighted by Crippen LogP contribution is -2.59. The van der Waals surface area contributed by atoms with Crippen LogP contribution in [0.1, 0.15) is 83.6 Å². The molecular formula is C41H57N7O11. The number of aliphatic carboxylic acids is 2. The smallest absolute Gasteiger partial charge is 0.326 e. The number of primary amides is 1. The number of ether oxygens (including phenoxy) is 1. The summed E-state index contributed by atoms with van der Waals surface area (Å²) in [6.07, 6.45) is 3.01. The van der Waals surface area contributed by atoms with Crippen molar-refractivity contribution in [1.29, 1.82) is 0 Å². The van der Waals surface area contributed by atoms with Gasteiger partial charge in [0.1, 0.15) is 36.0 Å². The monoisotopic (exact) mass is 823 g/mol. The van der Waals surface area contributed by atoms with Crippen molar-refractivity contribution in [3.8, 4) is 5.75 Å². The van der Waals surface area contributed by atoms with Gasteiger partial charge >= 0.3 is 18.0 Å². The summed E-state index contributed by atoms with van der Waals surface area (Å²) in [5.74, 6) is -6.69. The van der Waals surface area contributed by atoms with Gasteiger partial charge in [0.25, 0.3) is 0 Å². The molecule has 0 saturated heterocycles. The number of carbonyl (C=O) groups excluding carboxylic acids is 6. The number of urea groups is 1. The summed E-state index contributed by atoms with van der Waals surface area (Å²) in [7, 11) is 1.48. The van der Waals surface area contributed by atoms with Gasteiger partial charge in [-0.1, -0.05) is 76.3 Å². The van der Waals surface area contributed by atoms with Gasteiger partial charge in [-0.05, 0) is 60.9 Å². The SMILES string of the molecule is COc1ccc(NC(=O)N[C@@H](CCC(N)=O)C(=O)N[C@@H](CC2CCCCC2)C(=O)N[C@@H](CC(=O)O)C(=O)N[C@@H](CC(C)C)C(=O)N[C@@H](Cc2ccccc2)C(=O)O)cc1. The summed E-state index contributed by atoms with van der Waals surface area (Å²) in [4.78, 5) is 104. The van der Waals surface area contributed by atoms with Crippen molar-refractivity contribution < 1.29 is 53.3 Å². The van der Waals surface area contributed by atoms with E-state index in [0.29, 0.717) is 17.0 Å². The number of methoxy groups -OCH3 is 1. The van der Waals surface area contributed by atoms with Crippen LogP contribution in [0.25, 0.3) is 0 Å². The Bertz CT molecular complexity index is 1750. The molecule has 2 aromatic rings. The van der Waals surface area contributed by atoms with Crippen LogP contribution in [0.5, 0.6) is 5.75 Å². The van der Waals surface area contributed by atoms with Crippen LogP contribution in [0.3, 0.4) is 0 Å². The average molecular weight is 824 g/mol. The zero-order valence-corrected chi connectivity index (χ0v) is 33.7. The van der Waals surface area contributed by atoms with Crippen molar-refractivity contribution in [2.45, 2.75) is 115 Å². The Balaban J connectivity index is 1.82. The Kier molecular flexibility index (Phi) is 19.1. The zero-order chi connectivity index (χ0) is 43.5. The fraction of sp³-hybridized carbons (Fsp3) is 0.512. The minimum absolute atomic E-state index is 0.0147. The maximum absolute atomic E-state index is 14.0. The summed E-state index contributed by atoms with van der Waals surface area (Å²) in [5.41, 5.74) is 6.37. The maximum Gasteiger partial charge on any atom is 0.326 e. The van der Waals surface area contributed by atoms with E-state index >= 15 is 0 Å². The highest BCUT2D eigenvalue weighted by molar-refractivity contribution is 5.98. The normalized spacial score (nSPS) is 15.3. The molecule has 1 aliphatic carbocycles. The lowest BCUT2D eigenvalue weighted by Gasteiger charge is -2.29. The van der Waals surface area contributed by atoms with Gasteiger partial charge in [-0.25, -0.2) is 9.59 Å². The third-order valence-electron chi connectivity index (χ3n) is 9.82. The van der Waals surface area contributed by atoms with Gasteiger partial charge in [-0.15, -0.1) is 0 Å². The first-order valence-electron chi connectivity index (χ1n) is 19.7. The number of nitrogens with two attached hydrogens (primary N) is 1. The molecule has 0 radical (unpaired) electrons. The average Bonchev–Trinajstić information content (AvgIpc) is 3.18. The summed E-state index contributed by atoms with van der Waals surface area (Å²) in [6, 6.07) is 7.19. The highest BCUT2D eigenvalue weighted by atomic mass is 16.5. The number of carboxylic acid groups (broad SMARTS) is 2. The number of anilines is 1. The van der Waals surface area contributed by atoms with Crippen molar-refractivity contribution in [3.05, 3.63) is 60.2 Å². The van der Waals surface area contributed by atoms with E-state index in [1.54, 1.807) is 68.4 Å². The minimum atomic E-state index is -1.72. The van der Waals surface area contributed by atoms with E-state index in [9.17, 15) is 48.6 Å². The number of hydrogen-bond acceptors (Lipinski definition) is 9. The molecule has 2 aromatic carbocycles. The molecule has 1 fully saturated rings.